The fourth-order valence-electron chi connectivity index (χ4n) is 1.33. The van der Waals surface area contributed by atoms with Crippen LogP contribution < -0.4 is 5.73 Å². The van der Waals surface area contributed by atoms with Gasteiger partial charge in [-0.2, -0.15) is 0 Å². The Balaban J connectivity index is 2.24. The van der Waals surface area contributed by atoms with Gasteiger partial charge in [0.05, 0.1) is 9.88 Å². The number of rotatable bonds is 3. The molecule has 3 nitrogen and oxygen atoms in total. The van der Waals surface area contributed by atoms with Crippen LogP contribution in [-0.2, 0) is 13.5 Å². The molecule has 4 heteroatoms. The first-order valence-electron chi connectivity index (χ1n) is 4.56. The Morgan fingerprint density at radius 2 is 2.43 bits per heavy atom. The Morgan fingerprint density at radius 1 is 1.57 bits per heavy atom. The van der Waals surface area contributed by atoms with Crippen molar-refractivity contribution in [1.29, 1.82) is 0 Å². The minimum atomic E-state index is 0.668. The number of hydrogen-bond acceptors (Lipinski definition) is 3. The lowest BCUT2D eigenvalue weighted by atomic mass is 10.3. The zero-order valence-corrected chi connectivity index (χ0v) is 8.92. The lowest BCUT2D eigenvalue weighted by Crippen LogP contribution is -2.01. The number of aromatic nitrogens is 2. The third kappa shape index (κ3) is 1.86. The topological polar surface area (TPSA) is 43.8 Å². The molecule has 0 spiro atoms. The predicted molar refractivity (Wildman–Crippen MR) is 59.3 cm³/mol. The highest BCUT2D eigenvalue weighted by molar-refractivity contribution is 7.15. The van der Waals surface area contributed by atoms with Gasteiger partial charge in [-0.25, -0.2) is 4.98 Å². The molecule has 2 rings (SSSR count). The first-order valence-corrected chi connectivity index (χ1v) is 5.38. The van der Waals surface area contributed by atoms with Crippen molar-refractivity contribution in [1.82, 2.24) is 9.55 Å². The van der Waals surface area contributed by atoms with Gasteiger partial charge in [0.1, 0.15) is 0 Å². The maximum atomic E-state index is 5.48. The van der Waals surface area contributed by atoms with Crippen LogP contribution in [0.5, 0.6) is 0 Å². The monoisotopic (exact) mass is 207 g/mol. The van der Waals surface area contributed by atoms with Crippen molar-refractivity contribution in [2.75, 3.05) is 6.54 Å². The summed E-state index contributed by atoms with van der Waals surface area (Å²) in [6.07, 6.45) is 6.93. The summed E-state index contributed by atoms with van der Waals surface area (Å²) in [6, 6.07) is 2.10. The summed E-state index contributed by atoms with van der Waals surface area (Å²) >= 11 is 1.72. The summed E-state index contributed by atoms with van der Waals surface area (Å²) < 4.78 is 2.04. The Bertz CT molecular complexity index is 416. The molecule has 0 saturated heterocycles. The van der Waals surface area contributed by atoms with Gasteiger partial charge in [0, 0.05) is 37.6 Å². The van der Waals surface area contributed by atoms with E-state index >= 15 is 0 Å². The molecule has 2 aromatic rings. The van der Waals surface area contributed by atoms with E-state index in [0.29, 0.717) is 6.54 Å². The molecular weight excluding hydrogens is 194 g/mol. The lowest BCUT2D eigenvalue weighted by Gasteiger charge is -1.89. The van der Waals surface area contributed by atoms with Crippen molar-refractivity contribution in [2.45, 2.75) is 6.42 Å². The van der Waals surface area contributed by atoms with E-state index in [2.05, 4.69) is 17.2 Å². The molecule has 14 heavy (non-hydrogen) atoms. The number of thiazole rings is 1. The quantitative estimate of drug-likeness (QED) is 0.831. The molecule has 0 atom stereocenters. The van der Waals surface area contributed by atoms with Crippen molar-refractivity contribution >= 4 is 11.3 Å². The summed E-state index contributed by atoms with van der Waals surface area (Å²) in [4.78, 5) is 5.54. The van der Waals surface area contributed by atoms with Crippen LogP contribution in [0.4, 0.5) is 0 Å². The lowest BCUT2D eigenvalue weighted by molar-refractivity contribution is 0.929. The van der Waals surface area contributed by atoms with Crippen molar-refractivity contribution in [3.8, 4) is 10.4 Å². The van der Waals surface area contributed by atoms with E-state index in [0.717, 1.165) is 11.4 Å². The number of nitrogens with two attached hydrogens (primary N) is 1. The van der Waals surface area contributed by atoms with Crippen LogP contribution in [-0.4, -0.2) is 16.1 Å². The molecule has 0 saturated carbocycles. The van der Waals surface area contributed by atoms with E-state index in [9.17, 15) is 0 Å². The highest BCUT2D eigenvalue weighted by Gasteiger charge is 2.04. The van der Waals surface area contributed by atoms with Crippen LogP contribution in [0.2, 0.25) is 0 Å². The van der Waals surface area contributed by atoms with Gasteiger partial charge in [-0.05, 0) is 12.6 Å². The van der Waals surface area contributed by atoms with Crippen LogP contribution in [0.25, 0.3) is 10.4 Å². The minimum absolute atomic E-state index is 0.668. The predicted octanol–water partition coefficient (Wildman–Crippen LogP) is 1.65. The van der Waals surface area contributed by atoms with Crippen LogP contribution in [0.15, 0.2) is 24.7 Å². The third-order valence-electron chi connectivity index (χ3n) is 2.03. The maximum absolute atomic E-state index is 5.48. The normalized spacial score (nSPS) is 10.7. The Labute approximate surface area is 87.2 Å². The third-order valence-corrected chi connectivity index (χ3v) is 3.13. The largest absolute Gasteiger partial charge is 0.357 e. The van der Waals surface area contributed by atoms with Crippen LogP contribution in [0, 0.1) is 0 Å². The molecule has 0 amide bonds. The van der Waals surface area contributed by atoms with Gasteiger partial charge in [-0.3, -0.25) is 0 Å². The maximum Gasteiger partial charge on any atom is 0.0943 e. The summed E-state index contributed by atoms with van der Waals surface area (Å²) in [7, 11) is 2.02. The SMILES string of the molecule is Cn1ccc(-c2cnc(CCN)s2)c1. The van der Waals surface area contributed by atoms with Gasteiger partial charge >= 0.3 is 0 Å². The van der Waals surface area contributed by atoms with Crippen LogP contribution in [0.1, 0.15) is 5.01 Å². The summed E-state index contributed by atoms with van der Waals surface area (Å²) in [5.74, 6) is 0. The number of hydrogen-bond donors (Lipinski definition) is 1. The highest BCUT2D eigenvalue weighted by Crippen LogP contribution is 2.26. The van der Waals surface area contributed by atoms with Gasteiger partial charge in [-0.15, -0.1) is 11.3 Å². The van der Waals surface area contributed by atoms with E-state index in [4.69, 9.17) is 5.73 Å². The van der Waals surface area contributed by atoms with E-state index in [1.165, 1.54) is 10.4 Å². The molecule has 0 aliphatic rings. The molecule has 0 aliphatic carbocycles. The average Bonchev–Trinajstić information content (AvgIpc) is 2.74. The zero-order chi connectivity index (χ0) is 9.97. The average molecular weight is 207 g/mol. The molecule has 0 unspecified atom stereocenters. The van der Waals surface area contributed by atoms with Crippen molar-refractivity contribution in [2.24, 2.45) is 12.8 Å². The van der Waals surface area contributed by atoms with Gasteiger partial charge < -0.3 is 10.3 Å². The van der Waals surface area contributed by atoms with Gasteiger partial charge in [0.2, 0.25) is 0 Å². The smallest absolute Gasteiger partial charge is 0.0943 e. The highest BCUT2D eigenvalue weighted by atomic mass is 32.1. The Hall–Kier alpha value is -1.13. The van der Waals surface area contributed by atoms with E-state index in [1.807, 2.05) is 24.0 Å². The molecule has 0 radical (unpaired) electrons. The molecule has 0 aromatic carbocycles. The Kier molecular flexibility index (Phi) is 2.65. The molecule has 2 N–H and O–H groups in total. The first kappa shape index (κ1) is 9.43. The second kappa shape index (κ2) is 3.94. The minimum Gasteiger partial charge on any atom is -0.357 e. The summed E-state index contributed by atoms with van der Waals surface area (Å²) in [5, 5.41) is 1.12. The molecule has 2 heterocycles. The molecule has 74 valence electrons. The van der Waals surface area contributed by atoms with Gasteiger partial charge in [0.25, 0.3) is 0 Å². The molecule has 0 aliphatic heterocycles. The van der Waals surface area contributed by atoms with Crippen molar-refractivity contribution in [3.63, 3.8) is 0 Å². The fraction of sp³-hybridized carbons (Fsp3) is 0.300. The first-order chi connectivity index (χ1) is 6.79. The molecule has 0 bridgehead atoms. The van der Waals surface area contributed by atoms with E-state index in [1.54, 1.807) is 11.3 Å². The number of aryl methyl sites for hydroxylation is 1. The zero-order valence-electron chi connectivity index (χ0n) is 8.10. The summed E-state index contributed by atoms with van der Waals surface area (Å²) in [5.41, 5.74) is 6.71. The van der Waals surface area contributed by atoms with Gasteiger partial charge in [-0.1, -0.05) is 0 Å². The fourth-order valence-corrected chi connectivity index (χ4v) is 2.26. The molecule has 2 aromatic heterocycles. The van der Waals surface area contributed by atoms with Crippen LogP contribution in [0.3, 0.4) is 0 Å². The van der Waals surface area contributed by atoms with Gasteiger partial charge in [0.15, 0.2) is 0 Å². The van der Waals surface area contributed by atoms with E-state index in [-0.39, 0.29) is 0 Å². The van der Waals surface area contributed by atoms with Crippen molar-refractivity contribution < 1.29 is 0 Å². The summed E-state index contributed by atoms with van der Waals surface area (Å²) in [6.45, 7) is 0.668. The van der Waals surface area contributed by atoms with E-state index < -0.39 is 0 Å². The second-order valence-corrected chi connectivity index (χ2v) is 4.34. The molecular formula is C10H13N3S. The Morgan fingerprint density at radius 3 is 3.07 bits per heavy atom. The standard InChI is InChI=1S/C10H13N3S/c1-13-5-3-8(7-13)9-6-12-10(14-9)2-4-11/h3,5-7H,2,4,11H2,1H3. The van der Waals surface area contributed by atoms with Crippen molar-refractivity contribution in [3.05, 3.63) is 29.7 Å². The number of nitrogens with zero attached hydrogens (tertiary/aromatic N) is 2. The van der Waals surface area contributed by atoms with Crippen LogP contribution >= 0.6 is 11.3 Å². The molecule has 0 fully saturated rings. The second-order valence-electron chi connectivity index (χ2n) is 3.22.